The maximum Gasteiger partial charge on any atom is 0.267 e. The van der Waals surface area contributed by atoms with Crippen LogP contribution < -0.4 is 15.4 Å². The molecule has 194 valence electrons. The third-order valence-corrected chi connectivity index (χ3v) is 7.71. The topological polar surface area (TPSA) is 104 Å². The lowest BCUT2D eigenvalue weighted by Crippen LogP contribution is -2.45. The highest BCUT2D eigenvalue weighted by Gasteiger charge is 2.24. The summed E-state index contributed by atoms with van der Waals surface area (Å²) in [5.74, 6) is -0.578. The van der Waals surface area contributed by atoms with Crippen molar-refractivity contribution in [1.82, 2.24) is 14.8 Å². The minimum absolute atomic E-state index is 0.0791. The standard InChI is InChI=1S/C24H22Cl3N5O4S/c1-36-18-9-16(26)8-17(23(34)29-19-3-2-15(25)10-28-19)21(18)30-24(35)22-20(27)14(12-37-22)11-31-4-6-32(13-33)7-5-31/h2-3,8-10,12-13H,4-7,11H2,1H3,(H,30,35)(H,28,29,34). The molecule has 1 aliphatic rings. The van der Waals surface area contributed by atoms with Crippen molar-refractivity contribution in [2.24, 2.45) is 0 Å². The van der Waals surface area contributed by atoms with Gasteiger partial charge in [-0.25, -0.2) is 4.98 Å². The molecule has 37 heavy (non-hydrogen) atoms. The van der Waals surface area contributed by atoms with Crippen molar-refractivity contribution in [2.45, 2.75) is 6.54 Å². The maximum absolute atomic E-state index is 13.3. The van der Waals surface area contributed by atoms with Gasteiger partial charge in [-0.15, -0.1) is 11.3 Å². The van der Waals surface area contributed by atoms with Crippen LogP contribution in [-0.2, 0) is 11.3 Å². The Bertz CT molecular complexity index is 1310. The summed E-state index contributed by atoms with van der Waals surface area (Å²) in [6.07, 6.45) is 2.25. The summed E-state index contributed by atoms with van der Waals surface area (Å²) in [5, 5.41) is 8.26. The monoisotopic (exact) mass is 581 g/mol. The molecule has 1 saturated heterocycles. The van der Waals surface area contributed by atoms with Gasteiger partial charge in [-0.1, -0.05) is 34.8 Å². The lowest BCUT2D eigenvalue weighted by Gasteiger charge is -2.32. The van der Waals surface area contributed by atoms with Crippen LogP contribution in [0.2, 0.25) is 15.1 Å². The van der Waals surface area contributed by atoms with Crippen LogP contribution in [0.4, 0.5) is 11.5 Å². The molecule has 0 unspecified atom stereocenters. The van der Waals surface area contributed by atoms with E-state index in [0.29, 0.717) is 34.6 Å². The fourth-order valence-corrected chi connectivity index (χ4v) is 5.33. The van der Waals surface area contributed by atoms with Crippen LogP contribution in [0.25, 0.3) is 0 Å². The Kier molecular flexibility index (Phi) is 8.88. The fourth-order valence-electron chi connectivity index (χ4n) is 3.76. The predicted molar refractivity (Wildman–Crippen MR) is 145 cm³/mol. The fraction of sp³-hybridized carbons (Fsp3) is 0.250. The number of benzene rings is 1. The third kappa shape index (κ3) is 6.52. The first-order valence-electron chi connectivity index (χ1n) is 11.1. The molecule has 1 fully saturated rings. The van der Waals surface area contributed by atoms with E-state index in [4.69, 9.17) is 39.5 Å². The Morgan fingerprint density at radius 3 is 2.49 bits per heavy atom. The van der Waals surface area contributed by atoms with E-state index in [1.54, 1.807) is 17.0 Å². The van der Waals surface area contributed by atoms with Crippen molar-refractivity contribution in [3.05, 3.63) is 66.9 Å². The smallest absolute Gasteiger partial charge is 0.267 e. The number of aromatic nitrogens is 1. The Hall–Kier alpha value is -2.89. The number of nitrogens with zero attached hydrogens (tertiary/aromatic N) is 3. The number of ether oxygens (including phenoxy) is 1. The summed E-state index contributed by atoms with van der Waals surface area (Å²) in [7, 11) is 1.41. The second kappa shape index (κ2) is 12.1. The molecule has 9 nitrogen and oxygen atoms in total. The van der Waals surface area contributed by atoms with Crippen molar-refractivity contribution in [3.63, 3.8) is 0 Å². The molecule has 0 atom stereocenters. The first-order valence-corrected chi connectivity index (χ1v) is 13.1. The predicted octanol–water partition coefficient (Wildman–Crippen LogP) is 4.89. The zero-order valence-electron chi connectivity index (χ0n) is 19.6. The number of rotatable bonds is 8. The largest absolute Gasteiger partial charge is 0.494 e. The molecule has 0 bridgehead atoms. The molecular weight excluding hydrogens is 561 g/mol. The lowest BCUT2D eigenvalue weighted by atomic mass is 10.1. The Labute approximate surface area is 232 Å². The lowest BCUT2D eigenvalue weighted by molar-refractivity contribution is -0.119. The molecule has 0 radical (unpaired) electrons. The molecule has 3 heterocycles. The second-order valence-corrected chi connectivity index (χ2v) is 10.3. The van der Waals surface area contributed by atoms with Gasteiger partial charge in [0.15, 0.2) is 0 Å². The van der Waals surface area contributed by atoms with Crippen LogP contribution in [0.3, 0.4) is 0 Å². The molecule has 2 aromatic heterocycles. The zero-order chi connectivity index (χ0) is 26.5. The minimum atomic E-state index is -0.557. The molecule has 0 aliphatic carbocycles. The number of amides is 3. The average Bonchev–Trinajstić information content (AvgIpc) is 3.26. The number of methoxy groups -OCH3 is 1. The van der Waals surface area contributed by atoms with Gasteiger partial charge in [0.25, 0.3) is 11.8 Å². The van der Waals surface area contributed by atoms with Gasteiger partial charge in [0.2, 0.25) is 6.41 Å². The Morgan fingerprint density at radius 1 is 1.08 bits per heavy atom. The summed E-state index contributed by atoms with van der Waals surface area (Å²) in [6.45, 7) is 3.28. The van der Waals surface area contributed by atoms with E-state index in [1.807, 2.05) is 5.38 Å². The van der Waals surface area contributed by atoms with Gasteiger partial charge in [0, 0.05) is 50.0 Å². The zero-order valence-corrected chi connectivity index (χ0v) is 22.7. The van der Waals surface area contributed by atoms with Crippen LogP contribution in [0.5, 0.6) is 5.75 Å². The molecule has 0 spiro atoms. The minimum Gasteiger partial charge on any atom is -0.494 e. The highest BCUT2D eigenvalue weighted by atomic mass is 35.5. The van der Waals surface area contributed by atoms with Gasteiger partial charge in [-0.3, -0.25) is 19.3 Å². The normalized spacial score (nSPS) is 13.8. The van der Waals surface area contributed by atoms with Crippen molar-refractivity contribution in [3.8, 4) is 5.75 Å². The van der Waals surface area contributed by atoms with Crippen molar-refractivity contribution in [2.75, 3.05) is 43.9 Å². The number of carbonyl (C=O) groups is 3. The quantitative estimate of drug-likeness (QED) is 0.367. The first-order chi connectivity index (χ1) is 17.8. The van der Waals surface area contributed by atoms with Gasteiger partial charge < -0.3 is 20.3 Å². The second-order valence-electron chi connectivity index (χ2n) is 8.12. The molecule has 3 amide bonds. The van der Waals surface area contributed by atoms with Gasteiger partial charge in [0.1, 0.15) is 16.4 Å². The van der Waals surface area contributed by atoms with Crippen LogP contribution in [0.1, 0.15) is 25.6 Å². The summed E-state index contributed by atoms with van der Waals surface area (Å²) < 4.78 is 5.40. The number of thiophene rings is 1. The highest BCUT2D eigenvalue weighted by molar-refractivity contribution is 7.13. The third-order valence-electron chi connectivity index (χ3n) is 5.70. The van der Waals surface area contributed by atoms with Crippen molar-refractivity contribution >= 4 is 75.9 Å². The van der Waals surface area contributed by atoms with Gasteiger partial charge >= 0.3 is 0 Å². The van der Waals surface area contributed by atoms with Gasteiger partial charge in [0.05, 0.1) is 28.4 Å². The van der Waals surface area contributed by atoms with Crippen LogP contribution in [0.15, 0.2) is 35.8 Å². The molecule has 4 rings (SSSR count). The Balaban J connectivity index is 1.54. The molecule has 2 N–H and O–H groups in total. The summed E-state index contributed by atoms with van der Waals surface area (Å²) in [4.78, 5) is 45.5. The Morgan fingerprint density at radius 2 is 1.84 bits per heavy atom. The number of hydrogen-bond acceptors (Lipinski definition) is 7. The molecule has 13 heteroatoms. The van der Waals surface area contributed by atoms with Crippen molar-refractivity contribution in [1.29, 1.82) is 0 Å². The van der Waals surface area contributed by atoms with Crippen LogP contribution in [-0.4, -0.2) is 66.3 Å². The number of piperazine rings is 1. The number of carbonyl (C=O) groups excluding carboxylic acids is 3. The van der Waals surface area contributed by atoms with E-state index in [9.17, 15) is 14.4 Å². The van der Waals surface area contributed by atoms with Gasteiger partial charge in [-0.2, -0.15) is 0 Å². The maximum atomic E-state index is 13.3. The molecule has 1 aromatic carbocycles. The number of hydrogen-bond donors (Lipinski definition) is 2. The molecular formula is C24H22Cl3N5O4S. The summed E-state index contributed by atoms with van der Waals surface area (Å²) in [5.41, 5.74) is 1.03. The molecule has 3 aromatic rings. The van der Waals surface area contributed by atoms with E-state index in [1.165, 1.54) is 36.8 Å². The van der Waals surface area contributed by atoms with Crippen LogP contribution >= 0.6 is 46.1 Å². The van der Waals surface area contributed by atoms with E-state index in [2.05, 4.69) is 20.5 Å². The summed E-state index contributed by atoms with van der Waals surface area (Å²) >= 11 is 19.9. The van der Waals surface area contributed by atoms with Gasteiger partial charge in [-0.05, 0) is 29.1 Å². The average molecular weight is 583 g/mol. The summed E-state index contributed by atoms with van der Waals surface area (Å²) in [6, 6.07) is 6.05. The highest BCUT2D eigenvalue weighted by Crippen LogP contribution is 2.35. The first kappa shape index (κ1) is 27.2. The number of nitrogens with one attached hydrogen (secondary N) is 2. The SMILES string of the molecule is COc1cc(Cl)cc(C(=O)Nc2ccc(Cl)cn2)c1NC(=O)c1scc(CN2CCN(C=O)CC2)c1Cl. The van der Waals surface area contributed by atoms with Crippen molar-refractivity contribution < 1.29 is 19.1 Å². The number of halogens is 3. The number of anilines is 2. The molecule has 0 saturated carbocycles. The van der Waals surface area contributed by atoms with E-state index < -0.39 is 11.8 Å². The van der Waals surface area contributed by atoms with E-state index in [0.717, 1.165) is 25.1 Å². The van der Waals surface area contributed by atoms with E-state index >= 15 is 0 Å². The molecule has 1 aliphatic heterocycles. The van der Waals surface area contributed by atoms with Crippen LogP contribution in [0, 0.1) is 0 Å². The number of pyridine rings is 1. The van der Waals surface area contributed by atoms with E-state index in [-0.39, 0.29) is 27.8 Å².